The lowest BCUT2D eigenvalue weighted by atomic mass is 9.99. The summed E-state index contributed by atoms with van der Waals surface area (Å²) in [4.78, 5) is 12.1. The number of nitrogens with zero attached hydrogens (tertiary/aromatic N) is 1. The second kappa shape index (κ2) is 7.73. The number of benzene rings is 4. The predicted octanol–water partition coefficient (Wildman–Crippen LogP) is 5.67. The first-order chi connectivity index (χ1) is 15.1. The molecule has 1 aromatic heterocycles. The second-order valence-corrected chi connectivity index (χ2v) is 7.74. The monoisotopic (exact) mass is 408 g/mol. The molecule has 1 amide bonds. The van der Waals surface area contributed by atoms with Gasteiger partial charge in [-0.2, -0.15) is 0 Å². The van der Waals surface area contributed by atoms with Gasteiger partial charge in [0.1, 0.15) is 5.82 Å². The van der Waals surface area contributed by atoms with Crippen LogP contribution in [0.3, 0.4) is 0 Å². The van der Waals surface area contributed by atoms with E-state index in [9.17, 15) is 9.18 Å². The highest BCUT2D eigenvalue weighted by Crippen LogP contribution is 2.33. The minimum Gasteiger partial charge on any atom is -0.366 e. The molecule has 5 aromatic rings. The first kappa shape index (κ1) is 19.1. The maximum absolute atomic E-state index is 14.1. The summed E-state index contributed by atoms with van der Waals surface area (Å²) in [6, 6.07) is 28.9. The quantitative estimate of drug-likeness (QED) is 0.400. The Morgan fingerprint density at radius 1 is 0.806 bits per heavy atom. The Labute approximate surface area is 179 Å². The highest BCUT2D eigenvalue weighted by molar-refractivity contribution is 6.17. The molecule has 152 valence electrons. The Morgan fingerprint density at radius 3 is 2.32 bits per heavy atom. The molecular weight excluding hydrogens is 387 g/mol. The van der Waals surface area contributed by atoms with E-state index in [4.69, 9.17) is 5.73 Å². The summed E-state index contributed by atoms with van der Waals surface area (Å²) in [6.07, 6.45) is 0.829. The highest BCUT2D eigenvalue weighted by Gasteiger charge is 2.17. The van der Waals surface area contributed by atoms with Gasteiger partial charge in [0, 0.05) is 28.4 Å². The second-order valence-electron chi connectivity index (χ2n) is 7.74. The summed E-state index contributed by atoms with van der Waals surface area (Å²) < 4.78 is 16.3. The number of rotatable bonds is 5. The summed E-state index contributed by atoms with van der Waals surface area (Å²) in [5.41, 5.74) is 11.4. The number of carbonyl (C=O) groups is 1. The van der Waals surface area contributed by atoms with Crippen molar-refractivity contribution in [1.82, 2.24) is 4.57 Å². The molecule has 0 aliphatic rings. The van der Waals surface area contributed by atoms with Crippen LogP contribution in [0.15, 0.2) is 91.0 Å². The molecule has 0 fully saturated rings. The van der Waals surface area contributed by atoms with Gasteiger partial charge in [-0.15, -0.1) is 0 Å². The standard InChI is InChI=1S/C27H21FN2O/c28-21-13-14-24-23(16-21)26-22(27(29)31)11-6-12-25(26)30(24)17-20-10-5-4-9-19(20)15-18-7-2-1-3-8-18/h1-14,16H,15,17H2,(H2,29,31). The largest absolute Gasteiger partial charge is 0.366 e. The molecule has 0 atom stereocenters. The molecular formula is C27H21FN2O. The molecule has 31 heavy (non-hydrogen) atoms. The van der Waals surface area contributed by atoms with Gasteiger partial charge in [0.05, 0.1) is 5.52 Å². The van der Waals surface area contributed by atoms with Gasteiger partial charge in [-0.05, 0) is 53.4 Å². The molecule has 3 nitrogen and oxygen atoms in total. The number of nitrogens with two attached hydrogens (primary N) is 1. The zero-order valence-corrected chi connectivity index (χ0v) is 16.9. The summed E-state index contributed by atoms with van der Waals surface area (Å²) in [6.45, 7) is 0.608. The first-order valence-electron chi connectivity index (χ1n) is 10.2. The molecule has 4 heteroatoms. The van der Waals surface area contributed by atoms with Gasteiger partial charge in [-0.1, -0.05) is 60.7 Å². The lowest BCUT2D eigenvalue weighted by Gasteiger charge is -2.13. The van der Waals surface area contributed by atoms with E-state index in [2.05, 4.69) is 28.8 Å². The smallest absolute Gasteiger partial charge is 0.249 e. The van der Waals surface area contributed by atoms with Crippen LogP contribution in [-0.4, -0.2) is 10.5 Å². The van der Waals surface area contributed by atoms with Crippen molar-refractivity contribution in [2.24, 2.45) is 5.73 Å². The summed E-state index contributed by atoms with van der Waals surface area (Å²) in [5.74, 6) is -0.853. The molecule has 0 unspecified atom stereocenters. The van der Waals surface area contributed by atoms with Gasteiger partial charge in [-0.25, -0.2) is 4.39 Å². The average molecular weight is 408 g/mol. The molecule has 0 bridgehead atoms. The van der Waals surface area contributed by atoms with Crippen LogP contribution in [0, 0.1) is 5.82 Å². The fourth-order valence-corrected chi connectivity index (χ4v) is 4.37. The van der Waals surface area contributed by atoms with Gasteiger partial charge < -0.3 is 10.3 Å². The molecule has 0 saturated heterocycles. The van der Waals surface area contributed by atoms with Crippen molar-refractivity contribution in [3.63, 3.8) is 0 Å². The number of hydrogen-bond acceptors (Lipinski definition) is 1. The fraction of sp³-hybridized carbons (Fsp3) is 0.0741. The van der Waals surface area contributed by atoms with Crippen LogP contribution in [0.25, 0.3) is 21.8 Å². The van der Waals surface area contributed by atoms with Crippen molar-refractivity contribution in [3.8, 4) is 0 Å². The molecule has 2 N–H and O–H groups in total. The number of carbonyl (C=O) groups excluding carboxylic acids is 1. The Morgan fingerprint density at radius 2 is 1.55 bits per heavy atom. The molecule has 1 heterocycles. The van der Waals surface area contributed by atoms with Crippen LogP contribution in [0.1, 0.15) is 27.0 Å². The van der Waals surface area contributed by atoms with Gasteiger partial charge in [0.25, 0.3) is 0 Å². The zero-order chi connectivity index (χ0) is 21.4. The summed E-state index contributed by atoms with van der Waals surface area (Å²) in [7, 11) is 0. The summed E-state index contributed by atoms with van der Waals surface area (Å²) >= 11 is 0. The third-order valence-corrected chi connectivity index (χ3v) is 5.80. The minimum atomic E-state index is -0.515. The molecule has 4 aromatic carbocycles. The molecule has 0 aliphatic carbocycles. The van der Waals surface area contributed by atoms with Crippen LogP contribution in [0.2, 0.25) is 0 Å². The van der Waals surface area contributed by atoms with Gasteiger partial charge in [0.2, 0.25) is 5.91 Å². The Hall–Kier alpha value is -3.92. The van der Waals surface area contributed by atoms with Crippen molar-refractivity contribution >= 4 is 27.7 Å². The molecule has 0 spiro atoms. The van der Waals surface area contributed by atoms with E-state index in [1.165, 1.54) is 28.8 Å². The van der Waals surface area contributed by atoms with E-state index in [0.29, 0.717) is 22.9 Å². The van der Waals surface area contributed by atoms with E-state index in [0.717, 1.165) is 17.5 Å². The normalized spacial score (nSPS) is 11.3. The number of hydrogen-bond donors (Lipinski definition) is 1. The van der Waals surface area contributed by atoms with Crippen LogP contribution >= 0.6 is 0 Å². The van der Waals surface area contributed by atoms with Crippen molar-refractivity contribution in [2.45, 2.75) is 13.0 Å². The maximum atomic E-state index is 14.1. The van der Waals surface area contributed by atoms with Gasteiger partial charge in [-0.3, -0.25) is 4.79 Å². The van der Waals surface area contributed by atoms with Crippen LogP contribution < -0.4 is 5.73 Å². The SMILES string of the molecule is NC(=O)c1cccc2c1c1cc(F)ccc1n2Cc1ccccc1Cc1ccccc1. The zero-order valence-electron chi connectivity index (χ0n) is 16.9. The molecule has 0 aliphatic heterocycles. The Balaban J connectivity index is 1.69. The van der Waals surface area contributed by atoms with Crippen LogP contribution in [0.5, 0.6) is 0 Å². The number of halogens is 1. The minimum absolute atomic E-state index is 0.338. The van der Waals surface area contributed by atoms with Crippen molar-refractivity contribution in [1.29, 1.82) is 0 Å². The Bertz CT molecular complexity index is 1420. The fourth-order valence-electron chi connectivity index (χ4n) is 4.37. The number of fused-ring (bicyclic) bond motifs is 3. The van der Waals surface area contributed by atoms with Crippen LogP contribution in [0.4, 0.5) is 4.39 Å². The lowest BCUT2D eigenvalue weighted by molar-refractivity contribution is 0.100. The number of primary amides is 1. The van der Waals surface area contributed by atoms with E-state index >= 15 is 0 Å². The van der Waals surface area contributed by atoms with E-state index in [1.54, 1.807) is 12.1 Å². The van der Waals surface area contributed by atoms with Gasteiger partial charge in [0.15, 0.2) is 0 Å². The molecule has 0 saturated carbocycles. The van der Waals surface area contributed by atoms with E-state index < -0.39 is 5.91 Å². The summed E-state index contributed by atoms with van der Waals surface area (Å²) in [5, 5.41) is 1.40. The molecule has 0 radical (unpaired) electrons. The lowest BCUT2D eigenvalue weighted by Crippen LogP contribution is -2.11. The topological polar surface area (TPSA) is 48.0 Å². The Kier molecular flexibility index (Phi) is 4.75. The molecule has 5 rings (SSSR count). The first-order valence-corrected chi connectivity index (χ1v) is 10.2. The predicted molar refractivity (Wildman–Crippen MR) is 123 cm³/mol. The average Bonchev–Trinajstić information content (AvgIpc) is 3.08. The number of aromatic nitrogens is 1. The van der Waals surface area contributed by atoms with E-state index in [1.807, 2.05) is 42.5 Å². The van der Waals surface area contributed by atoms with Gasteiger partial charge >= 0.3 is 0 Å². The van der Waals surface area contributed by atoms with E-state index in [-0.39, 0.29) is 5.82 Å². The van der Waals surface area contributed by atoms with Crippen molar-refractivity contribution in [2.75, 3.05) is 0 Å². The maximum Gasteiger partial charge on any atom is 0.249 e. The number of amides is 1. The third-order valence-electron chi connectivity index (χ3n) is 5.80. The van der Waals surface area contributed by atoms with Crippen molar-refractivity contribution in [3.05, 3.63) is 119 Å². The van der Waals surface area contributed by atoms with Crippen LogP contribution in [-0.2, 0) is 13.0 Å². The third kappa shape index (κ3) is 3.46. The highest BCUT2D eigenvalue weighted by atomic mass is 19.1. The van der Waals surface area contributed by atoms with Crippen molar-refractivity contribution < 1.29 is 9.18 Å².